The number of hydrogen-bond acceptors (Lipinski definition) is 3. The van der Waals surface area contributed by atoms with Gasteiger partial charge in [0.15, 0.2) is 0 Å². The third-order valence-corrected chi connectivity index (χ3v) is 4.12. The molecule has 2 rings (SSSR count). The molecular formula is C13H25N3O. The zero-order chi connectivity index (χ0) is 12.5. The fourth-order valence-corrected chi connectivity index (χ4v) is 3.11. The molecule has 0 radical (unpaired) electrons. The molecule has 0 aliphatic carbocycles. The van der Waals surface area contributed by atoms with E-state index in [1.165, 1.54) is 32.5 Å². The Morgan fingerprint density at radius 3 is 2.35 bits per heavy atom. The molecule has 0 aromatic heterocycles. The molecule has 0 saturated carbocycles. The monoisotopic (exact) mass is 239 g/mol. The number of likely N-dealkylation sites (tertiary alicyclic amines) is 2. The Bertz CT molecular complexity index is 274. The van der Waals surface area contributed by atoms with E-state index in [1.807, 2.05) is 4.90 Å². The van der Waals surface area contributed by atoms with Gasteiger partial charge in [0.2, 0.25) is 5.91 Å². The summed E-state index contributed by atoms with van der Waals surface area (Å²) in [6, 6.07) is 0. The van der Waals surface area contributed by atoms with Gasteiger partial charge in [-0.2, -0.15) is 0 Å². The van der Waals surface area contributed by atoms with Crippen LogP contribution in [0.1, 0.15) is 26.7 Å². The summed E-state index contributed by atoms with van der Waals surface area (Å²) in [6.07, 6.45) is 2.49. The summed E-state index contributed by atoms with van der Waals surface area (Å²) in [5.74, 6) is 0.862. The molecule has 0 unspecified atom stereocenters. The van der Waals surface area contributed by atoms with Gasteiger partial charge in [0, 0.05) is 25.0 Å². The molecular weight excluding hydrogens is 214 g/mol. The number of rotatable bonds is 3. The lowest BCUT2D eigenvalue weighted by molar-refractivity contribution is -0.145. The van der Waals surface area contributed by atoms with E-state index in [0.29, 0.717) is 5.41 Å². The summed E-state index contributed by atoms with van der Waals surface area (Å²) in [5, 5.41) is 0. The molecule has 0 aromatic carbocycles. The van der Waals surface area contributed by atoms with Crippen molar-refractivity contribution in [2.45, 2.75) is 26.7 Å². The molecule has 2 aliphatic rings. The van der Waals surface area contributed by atoms with Crippen molar-refractivity contribution in [2.75, 3.05) is 39.3 Å². The van der Waals surface area contributed by atoms with Crippen LogP contribution in [0.15, 0.2) is 0 Å². The van der Waals surface area contributed by atoms with Crippen molar-refractivity contribution in [1.29, 1.82) is 0 Å². The minimum atomic E-state index is 0.111. The maximum absolute atomic E-state index is 11.4. The molecule has 17 heavy (non-hydrogen) atoms. The van der Waals surface area contributed by atoms with Gasteiger partial charge in [-0.05, 0) is 31.8 Å². The van der Waals surface area contributed by atoms with Crippen molar-refractivity contribution in [2.24, 2.45) is 17.1 Å². The molecule has 4 nitrogen and oxygen atoms in total. The highest BCUT2D eigenvalue weighted by Gasteiger charge is 2.46. The number of carbonyl (C=O) groups is 1. The lowest BCUT2D eigenvalue weighted by Gasteiger charge is -2.54. The first kappa shape index (κ1) is 12.8. The number of nitrogens with two attached hydrogens (primary N) is 1. The van der Waals surface area contributed by atoms with Crippen molar-refractivity contribution < 1.29 is 4.79 Å². The summed E-state index contributed by atoms with van der Waals surface area (Å²) in [5.41, 5.74) is 5.81. The molecule has 0 aromatic rings. The van der Waals surface area contributed by atoms with Gasteiger partial charge in [-0.25, -0.2) is 0 Å². The molecule has 2 aliphatic heterocycles. The molecule has 98 valence electrons. The molecule has 1 spiro atoms. The van der Waals surface area contributed by atoms with Crippen molar-refractivity contribution in [1.82, 2.24) is 9.80 Å². The second kappa shape index (κ2) is 4.94. The molecule has 2 N–H and O–H groups in total. The predicted molar refractivity (Wildman–Crippen MR) is 68.6 cm³/mol. The Hall–Kier alpha value is -0.610. The van der Waals surface area contributed by atoms with Crippen LogP contribution in [-0.4, -0.2) is 55.0 Å². The van der Waals surface area contributed by atoms with Gasteiger partial charge < -0.3 is 15.5 Å². The first-order valence-electron chi connectivity index (χ1n) is 6.75. The van der Waals surface area contributed by atoms with Crippen LogP contribution >= 0.6 is 0 Å². The average Bonchev–Trinajstić information content (AvgIpc) is 2.25. The van der Waals surface area contributed by atoms with Gasteiger partial charge in [-0.1, -0.05) is 13.8 Å². The van der Waals surface area contributed by atoms with E-state index < -0.39 is 0 Å². The van der Waals surface area contributed by atoms with Crippen molar-refractivity contribution in [3.63, 3.8) is 0 Å². The van der Waals surface area contributed by atoms with Crippen molar-refractivity contribution >= 4 is 5.91 Å². The Kier molecular flexibility index (Phi) is 3.73. The Balaban J connectivity index is 1.75. The highest BCUT2D eigenvalue weighted by atomic mass is 16.2. The average molecular weight is 239 g/mol. The zero-order valence-corrected chi connectivity index (χ0v) is 11.1. The highest BCUT2D eigenvalue weighted by Crippen LogP contribution is 2.40. The number of piperidine rings is 1. The summed E-state index contributed by atoms with van der Waals surface area (Å²) in [7, 11) is 0. The zero-order valence-electron chi connectivity index (χ0n) is 11.1. The summed E-state index contributed by atoms with van der Waals surface area (Å²) in [6.45, 7) is 10.2. The van der Waals surface area contributed by atoms with E-state index in [4.69, 9.17) is 5.73 Å². The van der Waals surface area contributed by atoms with Gasteiger partial charge in [-0.15, -0.1) is 0 Å². The van der Waals surface area contributed by atoms with E-state index in [1.54, 1.807) is 0 Å². The largest absolute Gasteiger partial charge is 0.340 e. The minimum absolute atomic E-state index is 0.111. The number of hydrogen-bond donors (Lipinski definition) is 1. The molecule has 1 amide bonds. The maximum atomic E-state index is 11.4. The van der Waals surface area contributed by atoms with E-state index >= 15 is 0 Å². The summed E-state index contributed by atoms with van der Waals surface area (Å²) < 4.78 is 0. The van der Waals surface area contributed by atoms with E-state index in [0.717, 1.165) is 19.0 Å². The number of carbonyl (C=O) groups excluding carboxylic acids is 1. The van der Waals surface area contributed by atoms with Gasteiger partial charge in [0.05, 0.1) is 6.54 Å². The fraction of sp³-hybridized carbons (Fsp3) is 0.923. The third-order valence-electron chi connectivity index (χ3n) is 4.12. The van der Waals surface area contributed by atoms with Crippen LogP contribution in [-0.2, 0) is 4.79 Å². The molecule has 2 fully saturated rings. The fourth-order valence-electron chi connectivity index (χ4n) is 3.11. The smallest absolute Gasteiger partial charge is 0.236 e. The van der Waals surface area contributed by atoms with Gasteiger partial charge >= 0.3 is 0 Å². The summed E-state index contributed by atoms with van der Waals surface area (Å²) in [4.78, 5) is 15.9. The minimum Gasteiger partial charge on any atom is -0.340 e. The lowest BCUT2D eigenvalue weighted by atomic mass is 9.72. The van der Waals surface area contributed by atoms with Crippen molar-refractivity contribution in [3.8, 4) is 0 Å². The van der Waals surface area contributed by atoms with E-state index in [-0.39, 0.29) is 12.5 Å². The van der Waals surface area contributed by atoms with E-state index in [2.05, 4.69) is 18.7 Å². The molecule has 0 atom stereocenters. The molecule has 0 bridgehead atoms. The summed E-state index contributed by atoms with van der Waals surface area (Å²) >= 11 is 0. The lowest BCUT2D eigenvalue weighted by Crippen LogP contribution is -2.62. The normalized spacial score (nSPS) is 24.1. The van der Waals surface area contributed by atoms with Crippen LogP contribution in [0.3, 0.4) is 0 Å². The van der Waals surface area contributed by atoms with Crippen LogP contribution in [0, 0.1) is 11.3 Å². The van der Waals surface area contributed by atoms with Crippen LogP contribution in [0.25, 0.3) is 0 Å². The first-order chi connectivity index (χ1) is 8.04. The second-order valence-electron chi connectivity index (χ2n) is 6.15. The van der Waals surface area contributed by atoms with E-state index in [9.17, 15) is 4.79 Å². The molecule has 2 heterocycles. The highest BCUT2D eigenvalue weighted by molar-refractivity contribution is 5.79. The second-order valence-corrected chi connectivity index (χ2v) is 6.15. The quantitative estimate of drug-likeness (QED) is 0.781. The number of nitrogens with zero attached hydrogens (tertiary/aromatic N) is 2. The molecule has 2 saturated heterocycles. The Morgan fingerprint density at radius 2 is 1.88 bits per heavy atom. The van der Waals surface area contributed by atoms with Crippen LogP contribution in [0.2, 0.25) is 0 Å². The first-order valence-corrected chi connectivity index (χ1v) is 6.75. The Morgan fingerprint density at radius 1 is 1.29 bits per heavy atom. The topological polar surface area (TPSA) is 49.6 Å². The third kappa shape index (κ3) is 2.80. The van der Waals surface area contributed by atoms with Gasteiger partial charge in [0.1, 0.15) is 0 Å². The van der Waals surface area contributed by atoms with Crippen LogP contribution < -0.4 is 5.73 Å². The standard InChI is InChI=1S/C13H25N3O/c1-11(2)8-15-5-3-13(4-6-15)9-16(10-13)12(17)7-14/h11H,3-10,14H2,1-2H3. The maximum Gasteiger partial charge on any atom is 0.236 e. The molecule has 4 heteroatoms. The number of amides is 1. The Labute approximate surface area is 104 Å². The SMILES string of the molecule is CC(C)CN1CCC2(CC1)CN(C(=O)CN)C2. The van der Waals surface area contributed by atoms with Crippen LogP contribution in [0.4, 0.5) is 0 Å². The van der Waals surface area contributed by atoms with Crippen molar-refractivity contribution in [3.05, 3.63) is 0 Å². The van der Waals surface area contributed by atoms with Crippen LogP contribution in [0.5, 0.6) is 0 Å². The van der Waals surface area contributed by atoms with Gasteiger partial charge in [0.25, 0.3) is 0 Å². The predicted octanol–water partition coefficient (Wildman–Crippen LogP) is 0.526. The van der Waals surface area contributed by atoms with Gasteiger partial charge in [-0.3, -0.25) is 4.79 Å².